The first-order valence-electron chi connectivity index (χ1n) is 29.0. The van der Waals surface area contributed by atoms with Gasteiger partial charge in [0.2, 0.25) is 5.91 Å². The molecule has 0 aromatic carbocycles. The van der Waals surface area contributed by atoms with E-state index in [1.165, 1.54) is 122 Å². The molecule has 0 fully saturated rings. The first-order valence-corrected chi connectivity index (χ1v) is 30.4. The fraction of sp³-hybridized carbons (Fsp3) is 0.754. The van der Waals surface area contributed by atoms with Crippen molar-refractivity contribution < 1.29 is 38.0 Å². The van der Waals surface area contributed by atoms with Gasteiger partial charge < -0.3 is 34.0 Å². The third-order valence-corrected chi connectivity index (χ3v) is 13.7. The maximum atomic E-state index is 13.0. The molecule has 0 saturated heterocycles. The zero-order valence-electron chi connectivity index (χ0n) is 46.5. The van der Waals surface area contributed by atoms with Gasteiger partial charge >= 0.3 is 0 Å². The minimum atomic E-state index is -4.69. The lowest BCUT2D eigenvalue weighted by atomic mass is 10.0. The highest BCUT2D eigenvalue weighted by Crippen LogP contribution is 2.38. The second-order valence-corrected chi connectivity index (χ2v) is 22.1. The summed E-state index contributed by atoms with van der Waals surface area (Å²) >= 11 is 0. The molecule has 1 amide bonds. The van der Waals surface area contributed by atoms with E-state index in [-0.39, 0.29) is 18.9 Å². The van der Waals surface area contributed by atoms with Crippen LogP contribution in [0.15, 0.2) is 85.1 Å². The molecule has 0 heterocycles. The van der Waals surface area contributed by atoms with Crippen LogP contribution in [0.5, 0.6) is 0 Å². The van der Waals surface area contributed by atoms with Crippen LogP contribution in [-0.2, 0) is 18.4 Å². The van der Waals surface area contributed by atoms with Crippen LogP contribution >= 0.6 is 7.82 Å². The molecule has 0 radical (unpaired) electrons. The van der Waals surface area contributed by atoms with Gasteiger partial charge in [0.25, 0.3) is 7.82 Å². The number of hydrogen-bond donors (Lipinski definition) is 3. The molecule has 0 aliphatic carbocycles. The maximum Gasteiger partial charge on any atom is 0.268 e. The van der Waals surface area contributed by atoms with Crippen molar-refractivity contribution in [3.8, 4) is 0 Å². The molecule has 10 heteroatoms. The summed E-state index contributed by atoms with van der Waals surface area (Å²) in [6, 6.07) is -1.10. The number of allylic oxidation sites excluding steroid dienone is 14. The lowest BCUT2D eigenvalue weighted by molar-refractivity contribution is -0.870. The van der Waals surface area contributed by atoms with E-state index in [1.807, 2.05) is 28.1 Å². The van der Waals surface area contributed by atoms with E-state index in [0.717, 1.165) is 77.0 Å². The molecular formula is C61H111N2O7P. The summed E-state index contributed by atoms with van der Waals surface area (Å²) in [5, 5.41) is 24.7. The molecule has 3 N–H and O–H groups in total. The monoisotopic (exact) mass is 1010 g/mol. The first kappa shape index (κ1) is 68.6. The van der Waals surface area contributed by atoms with Crippen LogP contribution in [0.4, 0.5) is 0 Å². The van der Waals surface area contributed by atoms with Crippen molar-refractivity contribution in [1.29, 1.82) is 0 Å². The Morgan fingerprint density at radius 3 is 1.37 bits per heavy atom. The molecule has 0 bridgehead atoms. The zero-order chi connectivity index (χ0) is 52.2. The predicted octanol–water partition coefficient (Wildman–Crippen LogP) is 16.0. The average molecular weight is 1020 g/mol. The molecule has 0 aliphatic rings. The van der Waals surface area contributed by atoms with Gasteiger partial charge in [0.05, 0.1) is 39.9 Å². The largest absolute Gasteiger partial charge is 0.756 e. The van der Waals surface area contributed by atoms with Crippen LogP contribution < -0.4 is 10.2 Å². The van der Waals surface area contributed by atoms with Crippen molar-refractivity contribution in [2.75, 3.05) is 40.9 Å². The van der Waals surface area contributed by atoms with Crippen molar-refractivity contribution >= 4 is 13.7 Å². The number of aliphatic hydroxyl groups excluding tert-OH is 2. The summed E-state index contributed by atoms with van der Waals surface area (Å²) in [7, 11) is 1.09. The van der Waals surface area contributed by atoms with Gasteiger partial charge in [0.15, 0.2) is 0 Å². The van der Waals surface area contributed by atoms with Crippen LogP contribution in [0.3, 0.4) is 0 Å². The number of phosphoric ester groups is 1. The standard InChI is InChI=1S/C61H111N2O7P/c1-6-8-10-12-14-16-18-20-21-22-23-24-25-26-27-28-29-30-31-32-33-34-35-36-37-38-39-40-41-42-44-46-48-50-52-54-60(65)62-58(57-70-71(67,68)69-56-55-63(3,4)5)61(66)59(64)53-51-49-47-45-43-19-17-15-13-11-9-7-2/h7-10,14-17,20-21,23-24,45,47,58-59,61,64,66H,6,11-13,18-19,22,25-44,46,48-57H2,1-5H3,(H-,62,65,67,68)/b9-7+,10-8-,16-14-,17-15+,21-20-,24-23-,47-45+. The molecule has 9 nitrogen and oxygen atoms in total. The molecule has 0 aromatic heterocycles. The number of rotatable bonds is 52. The summed E-state index contributed by atoms with van der Waals surface area (Å²) in [4.78, 5) is 25.5. The number of carbonyl (C=O) groups is 1. The number of aliphatic hydroxyl groups is 2. The summed E-state index contributed by atoms with van der Waals surface area (Å²) in [5.74, 6) is -0.295. The Kier molecular flexibility index (Phi) is 49.4. The minimum Gasteiger partial charge on any atom is -0.756 e. The van der Waals surface area contributed by atoms with E-state index in [4.69, 9.17) is 9.05 Å². The van der Waals surface area contributed by atoms with Crippen molar-refractivity contribution in [3.05, 3.63) is 85.1 Å². The van der Waals surface area contributed by atoms with Gasteiger partial charge in [-0.3, -0.25) is 9.36 Å². The van der Waals surface area contributed by atoms with E-state index >= 15 is 0 Å². The highest BCUT2D eigenvalue weighted by molar-refractivity contribution is 7.45. The number of hydrogen-bond acceptors (Lipinski definition) is 7. The predicted molar refractivity (Wildman–Crippen MR) is 303 cm³/mol. The van der Waals surface area contributed by atoms with E-state index in [2.05, 4.69) is 97.3 Å². The Morgan fingerprint density at radius 1 is 0.535 bits per heavy atom. The Bertz CT molecular complexity index is 1450. The van der Waals surface area contributed by atoms with Crippen molar-refractivity contribution in [2.45, 2.75) is 257 Å². The Balaban J connectivity index is 4.05. The molecule has 4 unspecified atom stereocenters. The molecule has 71 heavy (non-hydrogen) atoms. The molecule has 0 rings (SSSR count). The SMILES string of the molecule is C/C=C/CC/C=C/CC/C=C/CCCC(O)C(O)C(COP(=O)([O-])OCC[N+](C)(C)C)NC(=O)CCCCCCCCCCCCCCCCCCCCCCCC/C=C\C/C=C\C/C=C\C/C=C\CC. The molecule has 0 aliphatic heterocycles. The fourth-order valence-electron chi connectivity index (χ4n) is 8.23. The van der Waals surface area contributed by atoms with E-state index in [0.29, 0.717) is 30.3 Å². The third kappa shape index (κ3) is 52.3. The van der Waals surface area contributed by atoms with Gasteiger partial charge in [-0.2, -0.15) is 0 Å². The molecule has 0 saturated carbocycles. The van der Waals surface area contributed by atoms with E-state index in [9.17, 15) is 24.5 Å². The summed E-state index contributed by atoms with van der Waals surface area (Å²) in [6.07, 6.45) is 68.3. The minimum absolute atomic E-state index is 0.0519. The van der Waals surface area contributed by atoms with Crippen LogP contribution in [0, 0.1) is 0 Å². The number of nitrogens with zero attached hydrogens (tertiary/aromatic N) is 1. The van der Waals surface area contributed by atoms with Crippen LogP contribution in [-0.4, -0.2) is 79.8 Å². The number of amides is 1. The van der Waals surface area contributed by atoms with Gasteiger partial charge in [-0.25, -0.2) is 0 Å². The summed E-state index contributed by atoms with van der Waals surface area (Å²) in [6.45, 7) is 4.08. The lowest BCUT2D eigenvalue weighted by Gasteiger charge is -2.31. The number of nitrogens with one attached hydrogen (secondary N) is 1. The van der Waals surface area contributed by atoms with Gasteiger partial charge in [0, 0.05) is 6.42 Å². The van der Waals surface area contributed by atoms with E-state index in [1.54, 1.807) is 0 Å². The Labute approximate surface area is 438 Å². The summed E-state index contributed by atoms with van der Waals surface area (Å²) in [5.41, 5.74) is 0. The van der Waals surface area contributed by atoms with E-state index < -0.39 is 32.7 Å². The lowest BCUT2D eigenvalue weighted by Crippen LogP contribution is -2.51. The van der Waals surface area contributed by atoms with Gasteiger partial charge in [-0.05, 0) is 96.8 Å². The average Bonchev–Trinajstić information content (AvgIpc) is 3.33. The van der Waals surface area contributed by atoms with Crippen LogP contribution in [0.2, 0.25) is 0 Å². The molecular weight excluding hydrogens is 904 g/mol. The molecule has 412 valence electrons. The maximum absolute atomic E-state index is 13.0. The number of carbonyl (C=O) groups excluding carboxylic acids is 1. The Morgan fingerprint density at radius 2 is 0.915 bits per heavy atom. The van der Waals surface area contributed by atoms with Crippen LogP contribution in [0.1, 0.15) is 239 Å². The molecule has 0 aromatic rings. The number of quaternary nitrogens is 1. The van der Waals surface area contributed by atoms with Gasteiger partial charge in [0.1, 0.15) is 19.3 Å². The van der Waals surface area contributed by atoms with Gasteiger partial charge in [-0.1, -0.05) is 220 Å². The van der Waals surface area contributed by atoms with Crippen molar-refractivity contribution in [1.82, 2.24) is 5.32 Å². The highest BCUT2D eigenvalue weighted by atomic mass is 31.2. The molecule has 4 atom stereocenters. The fourth-order valence-corrected chi connectivity index (χ4v) is 8.95. The normalized spacial score (nSPS) is 15.0. The number of unbranched alkanes of at least 4 members (excludes halogenated alkanes) is 25. The third-order valence-electron chi connectivity index (χ3n) is 12.8. The van der Waals surface area contributed by atoms with Crippen molar-refractivity contribution in [3.63, 3.8) is 0 Å². The number of likely N-dealkylation sites (N-methyl/N-ethyl adjacent to an activating group) is 1. The number of phosphoric acid groups is 1. The highest BCUT2D eigenvalue weighted by Gasteiger charge is 2.29. The first-order chi connectivity index (χ1) is 34.4. The van der Waals surface area contributed by atoms with Gasteiger partial charge in [-0.15, -0.1) is 0 Å². The smallest absolute Gasteiger partial charge is 0.268 e. The topological polar surface area (TPSA) is 128 Å². The molecule has 0 spiro atoms. The quantitative estimate of drug-likeness (QED) is 0.0240. The second kappa shape index (κ2) is 51.1. The van der Waals surface area contributed by atoms with Crippen molar-refractivity contribution in [2.24, 2.45) is 0 Å². The second-order valence-electron chi connectivity index (χ2n) is 20.7. The summed E-state index contributed by atoms with van der Waals surface area (Å²) < 4.78 is 23.2. The zero-order valence-corrected chi connectivity index (χ0v) is 47.4. The Hall–Kier alpha value is -2.36. The van der Waals surface area contributed by atoms with Crippen LogP contribution in [0.25, 0.3) is 0 Å².